The Morgan fingerprint density at radius 3 is 2.59 bits per heavy atom. The van der Waals surface area contributed by atoms with Gasteiger partial charge in [0.2, 0.25) is 15.6 Å². The van der Waals surface area contributed by atoms with Crippen molar-refractivity contribution in [1.82, 2.24) is 24.1 Å². The quantitative estimate of drug-likeness (QED) is 0.372. The number of rotatable bonds is 6. The van der Waals surface area contributed by atoms with Crippen LogP contribution in [0.15, 0.2) is 83.2 Å². The molecule has 0 radical (unpaired) electrons. The average Bonchev–Trinajstić information content (AvgIpc) is 3.43. The van der Waals surface area contributed by atoms with E-state index in [-0.39, 0.29) is 15.6 Å². The van der Waals surface area contributed by atoms with Crippen LogP contribution in [0.2, 0.25) is 0 Å². The number of fused-ring (bicyclic) bond motifs is 2. The normalized spacial score (nSPS) is 11.9. The van der Waals surface area contributed by atoms with Crippen molar-refractivity contribution in [3.63, 3.8) is 0 Å². The number of imidazole rings is 1. The minimum atomic E-state index is -3.65. The number of aryl methyl sites for hydroxylation is 2. The van der Waals surface area contributed by atoms with Gasteiger partial charge in [-0.05, 0) is 42.3 Å². The lowest BCUT2D eigenvalue weighted by Gasteiger charge is -2.07. The van der Waals surface area contributed by atoms with Crippen LogP contribution in [0.25, 0.3) is 16.7 Å². The lowest BCUT2D eigenvalue weighted by Crippen LogP contribution is -2.05. The fraction of sp³-hybridized carbons (Fsp3) is 0.130. The van der Waals surface area contributed by atoms with Gasteiger partial charge in [0.15, 0.2) is 5.78 Å². The summed E-state index contributed by atoms with van der Waals surface area (Å²) in [7, 11) is -1.84. The third kappa shape index (κ3) is 3.56. The van der Waals surface area contributed by atoms with Gasteiger partial charge in [-0.2, -0.15) is 5.10 Å². The van der Waals surface area contributed by atoms with E-state index >= 15 is 0 Å². The largest absolute Gasteiger partial charge is 0.294 e. The Hall–Kier alpha value is -3.85. The highest BCUT2D eigenvalue weighted by molar-refractivity contribution is 7.91. The molecule has 3 heterocycles. The predicted molar refractivity (Wildman–Crippen MR) is 118 cm³/mol. The lowest BCUT2D eigenvalue weighted by atomic mass is 10.0. The molecule has 0 aliphatic rings. The van der Waals surface area contributed by atoms with Gasteiger partial charge in [-0.15, -0.1) is 0 Å². The molecule has 8 nitrogen and oxygen atoms in total. The number of Topliss-reactive ketones (excluding diaryl/α,β-unsaturated/α-hetero) is 1. The molecule has 0 N–H and O–H groups in total. The summed E-state index contributed by atoms with van der Waals surface area (Å²) in [5.74, 6) is 0.510. The molecule has 0 amide bonds. The van der Waals surface area contributed by atoms with Gasteiger partial charge in [0.05, 0.1) is 27.1 Å². The van der Waals surface area contributed by atoms with Crippen molar-refractivity contribution in [2.45, 2.75) is 22.6 Å². The molecule has 0 fully saturated rings. The number of hydrogen-bond donors (Lipinski definition) is 0. The SMILES string of the molecule is Cn1ncc2cc(S(=O)(=O)c3ccc(CCC(=O)c4cnc5nccn5c4)cc3)ccc21. The molecule has 0 saturated carbocycles. The van der Waals surface area contributed by atoms with E-state index < -0.39 is 9.84 Å². The monoisotopic (exact) mass is 445 g/mol. The number of carbonyl (C=O) groups excluding carboxylic acids is 1. The van der Waals surface area contributed by atoms with Crippen molar-refractivity contribution in [1.29, 1.82) is 0 Å². The zero-order chi connectivity index (χ0) is 22.3. The Balaban J connectivity index is 1.31. The van der Waals surface area contributed by atoms with Crippen LogP contribution in [0.5, 0.6) is 0 Å². The third-order valence-electron chi connectivity index (χ3n) is 5.47. The molecule has 5 aromatic rings. The minimum Gasteiger partial charge on any atom is -0.294 e. The molecule has 9 heteroatoms. The van der Waals surface area contributed by atoms with Gasteiger partial charge in [-0.25, -0.2) is 18.4 Å². The Bertz CT molecular complexity index is 1570. The highest BCUT2D eigenvalue weighted by atomic mass is 32.2. The highest BCUT2D eigenvalue weighted by Crippen LogP contribution is 2.25. The molecule has 0 bridgehead atoms. The van der Waals surface area contributed by atoms with Crippen molar-refractivity contribution in [3.8, 4) is 0 Å². The molecule has 160 valence electrons. The number of sulfone groups is 1. The molecule has 2 aromatic carbocycles. The molecule has 3 aromatic heterocycles. The summed E-state index contributed by atoms with van der Waals surface area (Å²) in [6, 6.07) is 11.7. The van der Waals surface area contributed by atoms with Gasteiger partial charge in [-0.3, -0.25) is 13.9 Å². The first-order valence-corrected chi connectivity index (χ1v) is 11.5. The van der Waals surface area contributed by atoms with E-state index in [1.165, 1.54) is 6.20 Å². The van der Waals surface area contributed by atoms with E-state index in [1.807, 2.05) is 7.05 Å². The van der Waals surface area contributed by atoms with Gasteiger partial charge in [-0.1, -0.05) is 12.1 Å². The molecular weight excluding hydrogens is 426 g/mol. The number of carbonyl (C=O) groups is 1. The third-order valence-corrected chi connectivity index (χ3v) is 7.24. The van der Waals surface area contributed by atoms with Gasteiger partial charge in [0.1, 0.15) is 0 Å². The number of nitrogens with zero attached hydrogens (tertiary/aromatic N) is 5. The van der Waals surface area contributed by atoms with Crippen LogP contribution in [0, 0.1) is 0 Å². The predicted octanol–water partition coefficient (Wildman–Crippen LogP) is 3.26. The van der Waals surface area contributed by atoms with Gasteiger partial charge >= 0.3 is 0 Å². The topological polar surface area (TPSA) is 99.2 Å². The highest BCUT2D eigenvalue weighted by Gasteiger charge is 2.19. The summed E-state index contributed by atoms with van der Waals surface area (Å²) in [6.07, 6.45) is 9.06. The van der Waals surface area contributed by atoms with Crippen molar-refractivity contribution >= 4 is 32.3 Å². The minimum absolute atomic E-state index is 0.0328. The average molecular weight is 446 g/mol. The lowest BCUT2D eigenvalue weighted by molar-refractivity contribution is 0.0982. The first kappa shape index (κ1) is 20.1. The Morgan fingerprint density at radius 1 is 1.00 bits per heavy atom. The van der Waals surface area contributed by atoms with Crippen molar-refractivity contribution in [2.75, 3.05) is 0 Å². The molecular formula is C23H19N5O3S. The van der Waals surface area contributed by atoms with Gasteiger partial charge in [0, 0.05) is 43.6 Å². The van der Waals surface area contributed by atoms with E-state index in [1.54, 1.807) is 76.3 Å². The second-order valence-corrected chi connectivity index (χ2v) is 9.49. The van der Waals surface area contributed by atoms with Crippen LogP contribution >= 0.6 is 0 Å². The summed E-state index contributed by atoms with van der Waals surface area (Å²) in [4.78, 5) is 21.2. The standard InChI is InChI=1S/C23H19N5O3S/c1-27-21-8-7-20(12-17(21)14-26-27)32(30,31)19-5-2-16(3-6-19)4-9-22(29)18-13-25-23-24-10-11-28(23)15-18/h2-3,5-8,10-15H,4,9H2,1H3. The zero-order valence-corrected chi connectivity index (χ0v) is 18.0. The van der Waals surface area contributed by atoms with Crippen LogP contribution < -0.4 is 0 Å². The number of aromatic nitrogens is 5. The smallest absolute Gasteiger partial charge is 0.233 e. The Morgan fingerprint density at radius 2 is 1.78 bits per heavy atom. The van der Waals surface area contributed by atoms with E-state index in [4.69, 9.17) is 0 Å². The summed E-state index contributed by atoms with van der Waals surface area (Å²) in [6.45, 7) is 0. The maximum atomic E-state index is 13.0. The Labute approximate surface area is 184 Å². The van der Waals surface area contributed by atoms with E-state index in [2.05, 4.69) is 15.1 Å². The molecule has 0 aliphatic heterocycles. The summed E-state index contributed by atoms with van der Waals surface area (Å²) in [5, 5.41) is 4.93. The maximum absolute atomic E-state index is 13.0. The van der Waals surface area contributed by atoms with Gasteiger partial charge in [0.25, 0.3) is 0 Å². The number of ketones is 1. The summed E-state index contributed by atoms with van der Waals surface area (Å²) < 4.78 is 29.5. The van der Waals surface area contributed by atoms with Crippen LogP contribution in [-0.4, -0.2) is 38.4 Å². The second kappa shape index (κ2) is 7.69. The molecule has 0 saturated heterocycles. The van der Waals surface area contributed by atoms with Crippen LogP contribution in [0.4, 0.5) is 0 Å². The molecule has 0 spiro atoms. The molecule has 0 atom stereocenters. The van der Waals surface area contributed by atoms with E-state index in [0.29, 0.717) is 24.2 Å². The van der Waals surface area contributed by atoms with Gasteiger partial charge < -0.3 is 0 Å². The molecule has 32 heavy (non-hydrogen) atoms. The van der Waals surface area contributed by atoms with Crippen LogP contribution in [-0.2, 0) is 23.3 Å². The fourth-order valence-corrected chi connectivity index (χ4v) is 4.94. The zero-order valence-electron chi connectivity index (χ0n) is 17.2. The van der Waals surface area contributed by atoms with Crippen molar-refractivity contribution in [3.05, 3.63) is 84.6 Å². The van der Waals surface area contributed by atoms with Crippen molar-refractivity contribution in [2.24, 2.45) is 7.05 Å². The maximum Gasteiger partial charge on any atom is 0.233 e. The molecule has 0 unspecified atom stereocenters. The molecule has 5 rings (SSSR count). The Kier molecular flexibility index (Phi) is 4.82. The number of hydrogen-bond acceptors (Lipinski definition) is 6. The summed E-state index contributed by atoms with van der Waals surface area (Å²) in [5.41, 5.74) is 2.27. The first-order valence-electron chi connectivity index (χ1n) is 9.99. The van der Waals surface area contributed by atoms with E-state index in [0.717, 1.165) is 16.5 Å². The fourth-order valence-electron chi connectivity index (χ4n) is 3.64. The van der Waals surface area contributed by atoms with Crippen LogP contribution in [0.3, 0.4) is 0 Å². The van der Waals surface area contributed by atoms with Crippen LogP contribution in [0.1, 0.15) is 22.3 Å². The van der Waals surface area contributed by atoms with Crippen molar-refractivity contribution < 1.29 is 13.2 Å². The summed E-state index contributed by atoms with van der Waals surface area (Å²) >= 11 is 0. The second-order valence-electron chi connectivity index (χ2n) is 7.54. The molecule has 0 aliphatic carbocycles. The first-order chi connectivity index (χ1) is 15.4. The van der Waals surface area contributed by atoms with E-state index in [9.17, 15) is 13.2 Å². The number of benzene rings is 2.